The lowest BCUT2D eigenvalue weighted by atomic mass is 9.98. The molecule has 2 aromatic carbocycles. The zero-order valence-electron chi connectivity index (χ0n) is 19.2. The van der Waals surface area contributed by atoms with Crippen LogP contribution in [0.2, 0.25) is 0 Å². The van der Waals surface area contributed by atoms with Crippen LogP contribution in [0.5, 0.6) is 0 Å². The Bertz CT molecular complexity index is 1250. The molecule has 1 aromatic heterocycles. The number of anilines is 1. The highest BCUT2D eigenvalue weighted by molar-refractivity contribution is 6.02. The molecule has 180 valence electrons. The van der Waals surface area contributed by atoms with E-state index in [-0.39, 0.29) is 23.9 Å². The Kier molecular flexibility index (Phi) is 5.98. The SMILES string of the molecule is Cn1cc(NC(=O)OCC2c3ccccc3-c3ccccc32)c(C(=O)NC(CC2CC2)C(=O)O)n1. The number of benzene rings is 2. The number of hydrogen-bond donors (Lipinski definition) is 3. The summed E-state index contributed by atoms with van der Waals surface area (Å²) in [6.07, 6.45) is 3.08. The quantitative estimate of drug-likeness (QED) is 0.457. The van der Waals surface area contributed by atoms with Crippen molar-refractivity contribution in [2.75, 3.05) is 11.9 Å². The first-order valence-electron chi connectivity index (χ1n) is 11.6. The van der Waals surface area contributed by atoms with Crippen molar-refractivity contribution in [1.29, 1.82) is 0 Å². The molecule has 0 saturated heterocycles. The summed E-state index contributed by atoms with van der Waals surface area (Å²) in [5.74, 6) is -1.53. The molecule has 1 unspecified atom stereocenters. The predicted octanol–water partition coefficient (Wildman–Crippen LogP) is 3.76. The average Bonchev–Trinajstić information content (AvgIpc) is 3.50. The first-order chi connectivity index (χ1) is 16.9. The van der Waals surface area contributed by atoms with Gasteiger partial charge in [0.2, 0.25) is 0 Å². The summed E-state index contributed by atoms with van der Waals surface area (Å²) in [7, 11) is 1.61. The Morgan fingerprint density at radius 2 is 1.71 bits per heavy atom. The number of aromatic nitrogens is 2. The van der Waals surface area contributed by atoms with Crippen LogP contribution in [0.15, 0.2) is 54.7 Å². The van der Waals surface area contributed by atoms with Crippen LogP contribution in [-0.2, 0) is 16.6 Å². The number of amides is 2. The molecule has 0 bridgehead atoms. The number of rotatable bonds is 8. The lowest BCUT2D eigenvalue weighted by Crippen LogP contribution is -2.41. The maximum atomic E-state index is 12.8. The van der Waals surface area contributed by atoms with Crippen LogP contribution in [0, 0.1) is 5.92 Å². The van der Waals surface area contributed by atoms with Gasteiger partial charge in [0.1, 0.15) is 12.6 Å². The first kappa shape index (κ1) is 22.6. The van der Waals surface area contributed by atoms with Crippen molar-refractivity contribution in [2.45, 2.75) is 31.2 Å². The summed E-state index contributed by atoms with van der Waals surface area (Å²) in [4.78, 5) is 37.0. The summed E-state index contributed by atoms with van der Waals surface area (Å²) in [6, 6.07) is 15.1. The first-order valence-corrected chi connectivity index (χ1v) is 11.6. The van der Waals surface area contributed by atoms with Crippen molar-refractivity contribution in [3.8, 4) is 11.1 Å². The molecule has 1 atom stereocenters. The van der Waals surface area contributed by atoms with Gasteiger partial charge in [-0.2, -0.15) is 5.10 Å². The van der Waals surface area contributed by atoms with Crippen LogP contribution in [-0.4, -0.2) is 45.5 Å². The molecular formula is C26H26N4O5. The molecule has 3 aromatic rings. The van der Waals surface area contributed by atoms with Gasteiger partial charge >= 0.3 is 12.1 Å². The highest BCUT2D eigenvalue weighted by atomic mass is 16.5. The number of aryl methyl sites for hydroxylation is 1. The zero-order chi connectivity index (χ0) is 24.5. The predicted molar refractivity (Wildman–Crippen MR) is 128 cm³/mol. The topological polar surface area (TPSA) is 123 Å². The number of hydrogen-bond acceptors (Lipinski definition) is 5. The monoisotopic (exact) mass is 474 g/mol. The molecule has 0 radical (unpaired) electrons. The van der Waals surface area contributed by atoms with Crippen molar-refractivity contribution in [1.82, 2.24) is 15.1 Å². The Labute approximate surface area is 202 Å². The number of nitrogens with zero attached hydrogens (tertiary/aromatic N) is 2. The molecule has 2 aliphatic rings. The molecule has 1 heterocycles. The molecule has 1 fully saturated rings. The summed E-state index contributed by atoms with van der Waals surface area (Å²) in [5.41, 5.74) is 4.53. The molecule has 0 spiro atoms. The third kappa shape index (κ3) is 4.75. The largest absolute Gasteiger partial charge is 0.480 e. The molecule has 0 aliphatic heterocycles. The zero-order valence-corrected chi connectivity index (χ0v) is 19.2. The van der Waals surface area contributed by atoms with Crippen molar-refractivity contribution in [2.24, 2.45) is 13.0 Å². The van der Waals surface area contributed by atoms with Gasteiger partial charge in [0.15, 0.2) is 5.69 Å². The number of carboxylic acids is 1. The Balaban J connectivity index is 1.26. The van der Waals surface area contributed by atoms with Crippen LogP contribution < -0.4 is 10.6 Å². The van der Waals surface area contributed by atoms with Crippen molar-refractivity contribution in [3.63, 3.8) is 0 Å². The van der Waals surface area contributed by atoms with Gasteiger partial charge in [0.05, 0.1) is 5.69 Å². The lowest BCUT2D eigenvalue weighted by Gasteiger charge is -2.15. The molecule has 2 amide bonds. The summed E-state index contributed by atoms with van der Waals surface area (Å²) >= 11 is 0. The van der Waals surface area contributed by atoms with E-state index in [9.17, 15) is 19.5 Å². The van der Waals surface area contributed by atoms with Crippen LogP contribution in [0.25, 0.3) is 11.1 Å². The number of carboxylic acid groups (broad SMARTS) is 1. The van der Waals surface area contributed by atoms with Crippen LogP contribution in [0.3, 0.4) is 0 Å². The van der Waals surface area contributed by atoms with E-state index in [1.165, 1.54) is 10.9 Å². The van der Waals surface area contributed by atoms with E-state index in [0.717, 1.165) is 35.1 Å². The Morgan fingerprint density at radius 3 is 2.31 bits per heavy atom. The second-order valence-electron chi connectivity index (χ2n) is 9.06. The van der Waals surface area contributed by atoms with Crippen molar-refractivity contribution < 1.29 is 24.2 Å². The van der Waals surface area contributed by atoms with Crippen molar-refractivity contribution >= 4 is 23.7 Å². The minimum atomic E-state index is -1.09. The van der Waals surface area contributed by atoms with E-state index in [2.05, 4.69) is 27.9 Å². The third-order valence-electron chi connectivity index (χ3n) is 6.49. The second-order valence-corrected chi connectivity index (χ2v) is 9.06. The van der Waals surface area contributed by atoms with E-state index < -0.39 is 24.0 Å². The number of ether oxygens (including phenoxy) is 1. The van der Waals surface area contributed by atoms with Crippen LogP contribution in [0.4, 0.5) is 10.5 Å². The molecule has 1 saturated carbocycles. The van der Waals surface area contributed by atoms with Gasteiger partial charge in [0, 0.05) is 19.2 Å². The van der Waals surface area contributed by atoms with Gasteiger partial charge in [-0.1, -0.05) is 61.4 Å². The van der Waals surface area contributed by atoms with Gasteiger partial charge < -0.3 is 15.2 Å². The van der Waals surface area contributed by atoms with E-state index in [1.54, 1.807) is 7.05 Å². The fraction of sp³-hybridized carbons (Fsp3) is 0.308. The minimum Gasteiger partial charge on any atom is -0.480 e. The standard InChI is InChI=1S/C26H26N4O5/c1-30-13-22(23(29-30)24(31)27-21(25(32)33)12-15-10-11-15)28-26(34)35-14-20-18-8-4-2-6-16(18)17-7-3-5-9-19(17)20/h2-9,13,15,20-21H,10-12,14H2,1H3,(H,27,31)(H,28,34)(H,32,33). The number of fused-ring (bicyclic) bond motifs is 3. The van der Waals surface area contributed by atoms with Gasteiger partial charge in [-0.05, 0) is 34.6 Å². The smallest absolute Gasteiger partial charge is 0.411 e. The molecule has 3 N–H and O–H groups in total. The molecule has 35 heavy (non-hydrogen) atoms. The molecule has 5 rings (SSSR count). The maximum Gasteiger partial charge on any atom is 0.411 e. The highest BCUT2D eigenvalue weighted by Crippen LogP contribution is 2.44. The third-order valence-corrected chi connectivity index (χ3v) is 6.49. The highest BCUT2D eigenvalue weighted by Gasteiger charge is 2.32. The van der Waals surface area contributed by atoms with Gasteiger partial charge in [0.25, 0.3) is 5.91 Å². The summed E-state index contributed by atoms with van der Waals surface area (Å²) in [6.45, 7) is 0.129. The summed E-state index contributed by atoms with van der Waals surface area (Å²) < 4.78 is 6.93. The minimum absolute atomic E-state index is 0.0666. The van der Waals surface area contributed by atoms with E-state index in [4.69, 9.17) is 4.74 Å². The van der Waals surface area contributed by atoms with Gasteiger partial charge in [-0.25, -0.2) is 9.59 Å². The number of carbonyl (C=O) groups is 3. The fourth-order valence-corrected chi connectivity index (χ4v) is 4.63. The van der Waals surface area contributed by atoms with Crippen LogP contribution >= 0.6 is 0 Å². The molecule has 2 aliphatic carbocycles. The van der Waals surface area contributed by atoms with Crippen molar-refractivity contribution in [3.05, 3.63) is 71.5 Å². The lowest BCUT2D eigenvalue weighted by molar-refractivity contribution is -0.139. The van der Waals surface area contributed by atoms with E-state index >= 15 is 0 Å². The average molecular weight is 475 g/mol. The number of carbonyl (C=O) groups excluding carboxylic acids is 2. The summed E-state index contributed by atoms with van der Waals surface area (Å²) in [5, 5.41) is 18.7. The maximum absolute atomic E-state index is 12.8. The Hall–Kier alpha value is -4.14. The molecule has 9 heteroatoms. The number of nitrogens with one attached hydrogen (secondary N) is 2. The van der Waals surface area contributed by atoms with Gasteiger partial charge in [-0.15, -0.1) is 0 Å². The van der Waals surface area contributed by atoms with E-state index in [1.807, 2.05) is 36.4 Å². The van der Waals surface area contributed by atoms with Gasteiger partial charge in [-0.3, -0.25) is 14.8 Å². The van der Waals surface area contributed by atoms with Crippen LogP contribution in [0.1, 0.15) is 46.8 Å². The number of aliphatic carboxylic acids is 1. The van der Waals surface area contributed by atoms with E-state index in [0.29, 0.717) is 12.3 Å². The molecular weight excluding hydrogens is 448 g/mol. The molecule has 9 nitrogen and oxygen atoms in total. The second kappa shape index (κ2) is 9.25. The fourth-order valence-electron chi connectivity index (χ4n) is 4.63. The Morgan fingerprint density at radius 1 is 1.09 bits per heavy atom. The normalized spacial score (nSPS) is 15.1.